The smallest absolute Gasteiger partial charge is 0.137 e. The van der Waals surface area contributed by atoms with Crippen LogP contribution in [0.3, 0.4) is 0 Å². The van der Waals surface area contributed by atoms with Crippen LogP contribution in [0.25, 0.3) is 0 Å². The van der Waals surface area contributed by atoms with Crippen molar-refractivity contribution in [3.05, 3.63) is 24.2 Å². The van der Waals surface area contributed by atoms with Gasteiger partial charge in [-0.1, -0.05) is 0 Å². The lowest BCUT2D eigenvalue weighted by atomic mass is 10.1. The van der Waals surface area contributed by atoms with Gasteiger partial charge in [-0.15, -0.1) is 0 Å². The standard InChI is InChI=1S/C12H17NO2/c1-13(9-11-5-3-7-15-11)8-10-4-2-6-12(10)14/h3,5,7,10H,2,4,6,8-9H2,1H3. The third kappa shape index (κ3) is 2.69. The summed E-state index contributed by atoms with van der Waals surface area (Å²) in [5.41, 5.74) is 0. The van der Waals surface area contributed by atoms with Crippen molar-refractivity contribution >= 4 is 5.78 Å². The normalized spacial score (nSPS) is 21.5. The molecule has 1 unspecified atom stereocenters. The van der Waals surface area contributed by atoms with E-state index in [1.165, 1.54) is 0 Å². The number of hydrogen-bond acceptors (Lipinski definition) is 3. The topological polar surface area (TPSA) is 33.5 Å². The zero-order valence-corrected chi connectivity index (χ0v) is 9.11. The zero-order chi connectivity index (χ0) is 10.7. The Hall–Kier alpha value is -1.09. The molecule has 3 heteroatoms. The molecule has 1 saturated carbocycles. The molecule has 1 aromatic rings. The average Bonchev–Trinajstić information content (AvgIpc) is 2.79. The molecule has 0 saturated heterocycles. The summed E-state index contributed by atoms with van der Waals surface area (Å²) in [6.45, 7) is 1.65. The summed E-state index contributed by atoms with van der Waals surface area (Å²) in [5, 5.41) is 0. The predicted octanol–water partition coefficient (Wildman–Crippen LogP) is 2.08. The van der Waals surface area contributed by atoms with E-state index in [9.17, 15) is 4.79 Å². The largest absolute Gasteiger partial charge is 0.468 e. The second-order valence-electron chi connectivity index (χ2n) is 4.33. The third-order valence-electron chi connectivity index (χ3n) is 2.97. The fourth-order valence-electron chi connectivity index (χ4n) is 2.19. The molecule has 2 rings (SSSR count). The van der Waals surface area contributed by atoms with Crippen molar-refractivity contribution < 1.29 is 9.21 Å². The lowest BCUT2D eigenvalue weighted by Crippen LogP contribution is -2.27. The average molecular weight is 207 g/mol. The minimum atomic E-state index is 0.255. The molecule has 3 nitrogen and oxygen atoms in total. The molecule has 1 fully saturated rings. The van der Waals surface area contributed by atoms with E-state index in [0.717, 1.165) is 38.1 Å². The molecule has 0 amide bonds. The van der Waals surface area contributed by atoms with Crippen LogP contribution in [0.1, 0.15) is 25.0 Å². The van der Waals surface area contributed by atoms with Gasteiger partial charge in [-0.2, -0.15) is 0 Å². The fraction of sp³-hybridized carbons (Fsp3) is 0.583. The van der Waals surface area contributed by atoms with E-state index >= 15 is 0 Å². The molecule has 15 heavy (non-hydrogen) atoms. The van der Waals surface area contributed by atoms with Crippen LogP contribution in [-0.2, 0) is 11.3 Å². The van der Waals surface area contributed by atoms with Crippen LogP contribution in [0, 0.1) is 5.92 Å². The summed E-state index contributed by atoms with van der Waals surface area (Å²) in [5.74, 6) is 1.65. The second kappa shape index (κ2) is 4.62. The van der Waals surface area contributed by atoms with Crippen molar-refractivity contribution in [2.75, 3.05) is 13.6 Å². The number of Topliss-reactive ketones (excluding diaryl/α,β-unsaturated/α-hetero) is 1. The first-order valence-electron chi connectivity index (χ1n) is 5.49. The Morgan fingerprint density at radius 1 is 1.60 bits per heavy atom. The molecule has 1 aliphatic rings. The molecule has 0 aliphatic heterocycles. The van der Waals surface area contributed by atoms with Crippen molar-refractivity contribution in [2.24, 2.45) is 5.92 Å². The Morgan fingerprint density at radius 3 is 3.07 bits per heavy atom. The molecule has 0 radical (unpaired) electrons. The Bertz CT molecular complexity index is 318. The van der Waals surface area contributed by atoms with Gasteiger partial charge in [-0.05, 0) is 32.0 Å². The summed E-state index contributed by atoms with van der Waals surface area (Å²) >= 11 is 0. The van der Waals surface area contributed by atoms with Crippen LogP contribution in [0.2, 0.25) is 0 Å². The van der Waals surface area contributed by atoms with Gasteiger partial charge in [0.25, 0.3) is 0 Å². The van der Waals surface area contributed by atoms with Crippen LogP contribution in [0.15, 0.2) is 22.8 Å². The molecule has 0 N–H and O–H groups in total. The summed E-state index contributed by atoms with van der Waals surface area (Å²) in [6, 6.07) is 3.86. The molecular weight excluding hydrogens is 190 g/mol. The highest BCUT2D eigenvalue weighted by atomic mass is 16.3. The van der Waals surface area contributed by atoms with Gasteiger partial charge in [-0.25, -0.2) is 0 Å². The maximum Gasteiger partial charge on any atom is 0.137 e. The van der Waals surface area contributed by atoms with Gasteiger partial charge in [0, 0.05) is 18.9 Å². The highest BCUT2D eigenvalue weighted by Crippen LogP contribution is 2.22. The van der Waals surface area contributed by atoms with E-state index in [4.69, 9.17) is 4.42 Å². The number of ketones is 1. The summed E-state index contributed by atoms with van der Waals surface area (Å²) in [6.07, 6.45) is 4.59. The Labute approximate surface area is 90.1 Å². The van der Waals surface area contributed by atoms with Gasteiger partial charge < -0.3 is 4.42 Å². The van der Waals surface area contributed by atoms with E-state index < -0.39 is 0 Å². The van der Waals surface area contributed by atoms with Crippen molar-refractivity contribution in [1.82, 2.24) is 4.90 Å². The lowest BCUT2D eigenvalue weighted by Gasteiger charge is -2.18. The molecule has 0 aromatic carbocycles. The third-order valence-corrected chi connectivity index (χ3v) is 2.97. The predicted molar refractivity (Wildman–Crippen MR) is 57.4 cm³/mol. The first kappa shape index (κ1) is 10.4. The molecule has 82 valence electrons. The van der Waals surface area contributed by atoms with Crippen LogP contribution in [-0.4, -0.2) is 24.3 Å². The van der Waals surface area contributed by atoms with Gasteiger partial charge in [0.05, 0.1) is 12.8 Å². The van der Waals surface area contributed by atoms with Crippen LogP contribution in [0.5, 0.6) is 0 Å². The van der Waals surface area contributed by atoms with Crippen molar-refractivity contribution in [2.45, 2.75) is 25.8 Å². The minimum Gasteiger partial charge on any atom is -0.468 e. The molecule has 1 aromatic heterocycles. The molecular formula is C12H17NO2. The zero-order valence-electron chi connectivity index (χ0n) is 9.11. The monoisotopic (exact) mass is 207 g/mol. The van der Waals surface area contributed by atoms with Gasteiger partial charge in [-0.3, -0.25) is 9.69 Å². The SMILES string of the molecule is CN(Cc1ccco1)CC1CCCC1=O. The van der Waals surface area contributed by atoms with Gasteiger partial charge in [0.15, 0.2) is 0 Å². The van der Waals surface area contributed by atoms with Crippen molar-refractivity contribution in [3.63, 3.8) is 0 Å². The quantitative estimate of drug-likeness (QED) is 0.758. The summed E-state index contributed by atoms with van der Waals surface area (Å²) in [4.78, 5) is 13.6. The van der Waals surface area contributed by atoms with Crippen LogP contribution in [0.4, 0.5) is 0 Å². The minimum absolute atomic E-state index is 0.255. The van der Waals surface area contributed by atoms with Crippen molar-refractivity contribution in [1.29, 1.82) is 0 Å². The fourth-order valence-corrected chi connectivity index (χ4v) is 2.19. The van der Waals surface area contributed by atoms with Gasteiger partial charge in [0.2, 0.25) is 0 Å². The van der Waals surface area contributed by atoms with Gasteiger partial charge in [0.1, 0.15) is 11.5 Å². The highest BCUT2D eigenvalue weighted by Gasteiger charge is 2.25. The first-order chi connectivity index (χ1) is 7.25. The van der Waals surface area contributed by atoms with E-state index in [2.05, 4.69) is 4.90 Å². The van der Waals surface area contributed by atoms with Crippen LogP contribution >= 0.6 is 0 Å². The number of furan rings is 1. The number of carbonyl (C=O) groups excluding carboxylic acids is 1. The maximum atomic E-state index is 11.5. The highest BCUT2D eigenvalue weighted by molar-refractivity contribution is 5.83. The Balaban J connectivity index is 1.82. The van der Waals surface area contributed by atoms with Gasteiger partial charge >= 0.3 is 0 Å². The molecule has 0 bridgehead atoms. The molecule has 1 atom stereocenters. The molecule has 1 heterocycles. The number of rotatable bonds is 4. The van der Waals surface area contributed by atoms with Crippen LogP contribution < -0.4 is 0 Å². The van der Waals surface area contributed by atoms with E-state index in [1.807, 2.05) is 19.2 Å². The maximum absolute atomic E-state index is 11.5. The van der Waals surface area contributed by atoms with E-state index in [0.29, 0.717) is 5.78 Å². The number of nitrogens with zero attached hydrogens (tertiary/aromatic N) is 1. The summed E-state index contributed by atoms with van der Waals surface area (Å²) in [7, 11) is 2.04. The van der Waals surface area contributed by atoms with E-state index in [1.54, 1.807) is 6.26 Å². The second-order valence-corrected chi connectivity index (χ2v) is 4.33. The molecule has 0 spiro atoms. The molecule has 1 aliphatic carbocycles. The Kier molecular flexibility index (Phi) is 3.21. The number of hydrogen-bond donors (Lipinski definition) is 0. The lowest BCUT2D eigenvalue weighted by molar-refractivity contribution is -0.121. The van der Waals surface area contributed by atoms with E-state index in [-0.39, 0.29) is 5.92 Å². The van der Waals surface area contributed by atoms with Crippen molar-refractivity contribution in [3.8, 4) is 0 Å². The number of carbonyl (C=O) groups is 1. The summed E-state index contributed by atoms with van der Waals surface area (Å²) < 4.78 is 5.27. The first-order valence-corrected chi connectivity index (χ1v) is 5.49. The Morgan fingerprint density at radius 2 is 2.47 bits per heavy atom.